The van der Waals surface area contributed by atoms with Crippen molar-refractivity contribution in [1.29, 1.82) is 0 Å². The number of aliphatic carboxylic acids is 1. The maximum Gasteiger partial charge on any atom is 0.330 e. The molecule has 6 heteroatoms. The first-order chi connectivity index (χ1) is 5.09. The van der Waals surface area contributed by atoms with Gasteiger partial charge in [0.25, 0.3) is 0 Å². The molecule has 0 aromatic rings. The van der Waals surface area contributed by atoms with Crippen molar-refractivity contribution in [2.75, 3.05) is 6.54 Å². The number of carboxylic acid groups (broad SMARTS) is 1. The number of hydrogen-bond acceptors (Lipinski definition) is 4. The summed E-state index contributed by atoms with van der Waals surface area (Å²) >= 11 is 0. The van der Waals surface area contributed by atoms with Crippen molar-refractivity contribution >= 4 is 13.6 Å². The molecule has 5 nitrogen and oxygen atoms in total. The smallest absolute Gasteiger partial charge is 0.330 e. The molecule has 0 aromatic carbocycles. The zero-order valence-electron chi connectivity index (χ0n) is 5.90. The van der Waals surface area contributed by atoms with E-state index in [-0.39, 0.29) is 6.42 Å². The van der Waals surface area contributed by atoms with E-state index < -0.39 is 19.3 Å². The van der Waals surface area contributed by atoms with E-state index in [1.165, 1.54) is 0 Å². The monoisotopic (exact) mass is 179 g/mol. The zero-order valence-corrected chi connectivity index (χ0v) is 6.79. The summed E-state index contributed by atoms with van der Waals surface area (Å²) < 4.78 is 20.5. The summed E-state index contributed by atoms with van der Waals surface area (Å²) in [5, 5.41) is 8.35. The minimum Gasteiger partial charge on any atom is -0.480 e. The molecule has 0 bridgehead atoms. The molecule has 1 unspecified atom stereocenters. The van der Waals surface area contributed by atoms with E-state index in [4.69, 9.17) is 10.8 Å². The second-order valence-electron chi connectivity index (χ2n) is 2.07. The van der Waals surface area contributed by atoms with E-state index in [2.05, 4.69) is 0 Å². The van der Waals surface area contributed by atoms with Crippen LogP contribution in [-0.2, 0) is 13.9 Å². The third kappa shape index (κ3) is 3.91. The van der Waals surface area contributed by atoms with Crippen LogP contribution in [-0.4, -0.2) is 23.3 Å². The van der Waals surface area contributed by atoms with Crippen LogP contribution < -0.4 is 5.73 Å². The van der Waals surface area contributed by atoms with E-state index in [1.807, 2.05) is 0 Å². The van der Waals surface area contributed by atoms with E-state index in [9.17, 15) is 13.9 Å². The van der Waals surface area contributed by atoms with Gasteiger partial charge in [-0.25, -0.2) is 9.13 Å². The third-order valence-corrected chi connectivity index (χ3v) is 2.21. The van der Waals surface area contributed by atoms with Crippen LogP contribution in [0.4, 0.5) is 0 Å². The molecule has 0 aromatic heterocycles. The molecule has 3 N–H and O–H groups in total. The first kappa shape index (κ1) is 10.3. The first-order valence-electron chi connectivity index (χ1n) is 3.16. The molecule has 64 valence electrons. The lowest BCUT2D eigenvalue weighted by atomic mass is 10.2. The fraction of sp³-hybridized carbons (Fsp3) is 0.800. The molecule has 0 amide bonds. The molecule has 1 atom stereocenters. The van der Waals surface area contributed by atoms with Crippen LogP contribution in [0.5, 0.6) is 0 Å². The summed E-state index contributed by atoms with van der Waals surface area (Å²) in [6, 6.07) is 0. The Labute approximate surface area is 64.4 Å². The van der Waals surface area contributed by atoms with Crippen LogP contribution >= 0.6 is 7.68 Å². The number of nitrogens with two attached hydrogens (primary N) is 1. The molecule has 0 spiro atoms. The van der Waals surface area contributed by atoms with E-state index in [1.54, 1.807) is 0 Å². The molecule has 0 fully saturated rings. The highest BCUT2D eigenvalue weighted by atomic mass is 31.1. The standard InChI is InChI=1S/C5H10NO4P/c6-3-1-2-4(5(7)8)11(9)10/h4H,1-3,6H2,(H,7,8). The predicted octanol–water partition coefficient (Wildman–Crippen LogP) is 0.351. The van der Waals surface area contributed by atoms with Crippen molar-refractivity contribution in [1.82, 2.24) is 0 Å². The topological polar surface area (TPSA) is 97.5 Å². The Kier molecular flexibility index (Phi) is 4.74. The molecule has 0 saturated heterocycles. The van der Waals surface area contributed by atoms with Crippen molar-refractivity contribution in [3.63, 3.8) is 0 Å². The maximum atomic E-state index is 10.3. The zero-order chi connectivity index (χ0) is 8.85. The van der Waals surface area contributed by atoms with E-state index in [0.29, 0.717) is 13.0 Å². The minimum absolute atomic E-state index is 0.102. The Balaban J connectivity index is 4.01. The second kappa shape index (κ2) is 5.04. The Morgan fingerprint density at radius 3 is 2.36 bits per heavy atom. The number of carbonyl (C=O) groups is 1. The summed E-state index contributed by atoms with van der Waals surface area (Å²) in [6.07, 6.45) is 0.519. The lowest BCUT2D eigenvalue weighted by molar-refractivity contribution is -0.136. The summed E-state index contributed by atoms with van der Waals surface area (Å²) in [4.78, 5) is 10.2. The van der Waals surface area contributed by atoms with E-state index >= 15 is 0 Å². The molecule has 0 rings (SSSR count). The van der Waals surface area contributed by atoms with Gasteiger partial charge in [0.2, 0.25) is 0 Å². The average Bonchev–Trinajstić information content (AvgIpc) is 1.87. The predicted molar refractivity (Wildman–Crippen MR) is 38.0 cm³/mol. The van der Waals surface area contributed by atoms with Gasteiger partial charge in [0.1, 0.15) is 0 Å². The Bertz CT molecular complexity index is 193. The summed E-state index contributed by atoms with van der Waals surface area (Å²) in [5.41, 5.74) is 3.82. The third-order valence-electron chi connectivity index (χ3n) is 1.22. The fourth-order valence-electron chi connectivity index (χ4n) is 0.630. The van der Waals surface area contributed by atoms with Crippen molar-refractivity contribution in [2.24, 2.45) is 5.73 Å². The molecule has 0 heterocycles. The second-order valence-corrected chi connectivity index (χ2v) is 3.26. The van der Waals surface area contributed by atoms with Gasteiger partial charge >= 0.3 is 13.6 Å². The van der Waals surface area contributed by atoms with Crippen molar-refractivity contribution < 1.29 is 19.0 Å². The molecule has 0 radical (unpaired) electrons. The highest BCUT2D eigenvalue weighted by molar-refractivity contribution is 7.33. The molecular weight excluding hydrogens is 169 g/mol. The largest absolute Gasteiger partial charge is 0.480 e. The Morgan fingerprint density at radius 1 is 1.55 bits per heavy atom. The van der Waals surface area contributed by atoms with Gasteiger partial charge in [-0.3, -0.25) is 4.79 Å². The van der Waals surface area contributed by atoms with Gasteiger partial charge < -0.3 is 10.8 Å². The van der Waals surface area contributed by atoms with Gasteiger partial charge in [0, 0.05) is 0 Å². The molecule has 0 aliphatic rings. The first-order valence-corrected chi connectivity index (χ1v) is 4.40. The quantitative estimate of drug-likeness (QED) is 0.593. The van der Waals surface area contributed by atoms with Gasteiger partial charge in [-0.2, -0.15) is 0 Å². The van der Waals surface area contributed by atoms with Crippen LogP contribution in [0.2, 0.25) is 0 Å². The molecular formula is C5H10NO4P. The van der Waals surface area contributed by atoms with Crippen molar-refractivity contribution in [3.05, 3.63) is 0 Å². The molecule has 0 saturated carbocycles. The van der Waals surface area contributed by atoms with Crippen LogP contribution in [0.1, 0.15) is 12.8 Å². The summed E-state index contributed by atoms with van der Waals surface area (Å²) in [5.74, 6) is -1.30. The molecule has 11 heavy (non-hydrogen) atoms. The molecule has 0 aliphatic carbocycles. The summed E-state index contributed by atoms with van der Waals surface area (Å²) in [7, 11) is -2.87. The SMILES string of the molecule is NCCCC(C(=O)O)P(=O)=O. The fourth-order valence-corrected chi connectivity index (χ4v) is 1.20. The maximum absolute atomic E-state index is 10.3. The lowest BCUT2D eigenvalue weighted by Crippen LogP contribution is -2.15. The van der Waals surface area contributed by atoms with E-state index in [0.717, 1.165) is 0 Å². The van der Waals surface area contributed by atoms with Gasteiger partial charge in [-0.15, -0.1) is 0 Å². The van der Waals surface area contributed by atoms with Crippen LogP contribution in [0.25, 0.3) is 0 Å². The van der Waals surface area contributed by atoms with Gasteiger partial charge in [-0.05, 0) is 19.4 Å². The Hall–Kier alpha value is -0.670. The summed E-state index contributed by atoms with van der Waals surface area (Å²) in [6.45, 7) is 0.312. The highest BCUT2D eigenvalue weighted by Gasteiger charge is 2.22. The highest BCUT2D eigenvalue weighted by Crippen LogP contribution is 2.19. The van der Waals surface area contributed by atoms with Crippen LogP contribution in [0.15, 0.2) is 0 Å². The average molecular weight is 179 g/mol. The molecule has 0 aliphatic heterocycles. The van der Waals surface area contributed by atoms with Crippen molar-refractivity contribution in [2.45, 2.75) is 18.5 Å². The van der Waals surface area contributed by atoms with Gasteiger partial charge in [-0.1, -0.05) is 0 Å². The number of rotatable bonds is 5. The van der Waals surface area contributed by atoms with Crippen LogP contribution in [0, 0.1) is 0 Å². The van der Waals surface area contributed by atoms with Gasteiger partial charge in [0.05, 0.1) is 0 Å². The van der Waals surface area contributed by atoms with Crippen molar-refractivity contribution in [3.8, 4) is 0 Å². The number of hydrogen-bond donors (Lipinski definition) is 2. The minimum atomic E-state index is -2.87. The Morgan fingerprint density at radius 2 is 2.09 bits per heavy atom. The lowest BCUT2D eigenvalue weighted by Gasteiger charge is -1.99. The van der Waals surface area contributed by atoms with Crippen LogP contribution in [0.3, 0.4) is 0 Å². The number of carboxylic acids is 1. The normalized spacial score (nSPS) is 12.5. The van der Waals surface area contributed by atoms with Gasteiger partial charge in [0.15, 0.2) is 5.66 Å².